The highest BCUT2D eigenvalue weighted by molar-refractivity contribution is 5.69. The molecule has 0 saturated heterocycles. The summed E-state index contributed by atoms with van der Waals surface area (Å²) in [4.78, 5) is 12.5. The van der Waals surface area contributed by atoms with Crippen molar-refractivity contribution in [3.05, 3.63) is 12.2 Å². The second kappa shape index (κ2) is 42.4. The first-order chi connectivity index (χ1) is 23.7. The Labute approximate surface area is 304 Å². The number of hydrogen-bond acceptors (Lipinski definition) is 2. The van der Waals surface area contributed by atoms with Gasteiger partial charge < -0.3 is 4.74 Å². The van der Waals surface area contributed by atoms with Gasteiger partial charge in [0.25, 0.3) is 0 Å². The molecule has 0 rings (SSSR count). The van der Waals surface area contributed by atoms with Crippen LogP contribution >= 0.6 is 0 Å². The van der Waals surface area contributed by atoms with E-state index in [2.05, 4.69) is 32.9 Å². The van der Waals surface area contributed by atoms with Crippen molar-refractivity contribution in [1.29, 1.82) is 0 Å². The van der Waals surface area contributed by atoms with E-state index in [1.54, 1.807) is 0 Å². The Balaban J connectivity index is 3.86. The van der Waals surface area contributed by atoms with E-state index in [1.165, 1.54) is 231 Å². The second-order valence-corrected chi connectivity index (χ2v) is 15.5. The lowest BCUT2D eigenvalue weighted by Gasteiger charge is -2.17. The van der Waals surface area contributed by atoms with E-state index in [0.717, 1.165) is 6.42 Å². The quantitative estimate of drug-likeness (QED) is 0.0366. The molecule has 2 nitrogen and oxygen atoms in total. The highest BCUT2D eigenvalue weighted by Crippen LogP contribution is 2.21. The Hall–Kier alpha value is -0.790. The molecule has 2 heteroatoms. The Morgan fingerprint density at radius 1 is 0.396 bits per heavy atom. The standard InChI is InChI=1S/C46H90O2/c1-4-7-10-13-16-19-21-22-23-24-25-26-27-28-29-31-34-37-40-43-46(47)48-44-45(41-38-35-32-18-15-12-9-6-3)42-39-36-33-30-20-17-14-11-8-5-2/h22-23,45H,4-21,24-44H2,1-3H3/b23-22-. The van der Waals surface area contributed by atoms with Gasteiger partial charge in [0, 0.05) is 6.42 Å². The van der Waals surface area contributed by atoms with Gasteiger partial charge in [-0.25, -0.2) is 0 Å². The molecule has 0 aliphatic carbocycles. The van der Waals surface area contributed by atoms with E-state index in [9.17, 15) is 4.79 Å². The molecule has 286 valence electrons. The molecule has 0 radical (unpaired) electrons. The second-order valence-electron chi connectivity index (χ2n) is 15.5. The molecule has 0 N–H and O–H groups in total. The molecule has 1 atom stereocenters. The van der Waals surface area contributed by atoms with Crippen molar-refractivity contribution < 1.29 is 9.53 Å². The van der Waals surface area contributed by atoms with Gasteiger partial charge in [0.1, 0.15) is 0 Å². The van der Waals surface area contributed by atoms with Gasteiger partial charge in [0.05, 0.1) is 6.61 Å². The highest BCUT2D eigenvalue weighted by Gasteiger charge is 2.12. The monoisotopic (exact) mass is 675 g/mol. The maximum absolute atomic E-state index is 12.5. The van der Waals surface area contributed by atoms with Crippen molar-refractivity contribution in [2.24, 2.45) is 5.92 Å². The van der Waals surface area contributed by atoms with Crippen LogP contribution in [0.2, 0.25) is 0 Å². The Morgan fingerprint density at radius 2 is 0.688 bits per heavy atom. The first-order valence-electron chi connectivity index (χ1n) is 22.5. The summed E-state index contributed by atoms with van der Waals surface area (Å²) in [6.45, 7) is 7.55. The third kappa shape index (κ3) is 39.6. The van der Waals surface area contributed by atoms with Gasteiger partial charge in [-0.2, -0.15) is 0 Å². The summed E-state index contributed by atoms with van der Waals surface area (Å²) < 4.78 is 5.86. The Kier molecular flexibility index (Phi) is 41.7. The molecule has 0 heterocycles. The minimum Gasteiger partial charge on any atom is -0.465 e. The zero-order valence-corrected chi connectivity index (χ0v) is 33.6. The average molecular weight is 675 g/mol. The molecule has 0 aromatic heterocycles. The van der Waals surface area contributed by atoms with Gasteiger partial charge in [-0.1, -0.05) is 226 Å². The molecule has 0 aliphatic heterocycles. The van der Waals surface area contributed by atoms with Gasteiger partial charge >= 0.3 is 5.97 Å². The summed E-state index contributed by atoms with van der Waals surface area (Å²) in [7, 11) is 0. The molecule has 0 amide bonds. The van der Waals surface area contributed by atoms with Gasteiger partial charge in [0.15, 0.2) is 0 Å². The fraction of sp³-hybridized carbons (Fsp3) is 0.935. The number of ether oxygens (including phenoxy) is 1. The smallest absolute Gasteiger partial charge is 0.305 e. The van der Waals surface area contributed by atoms with E-state index in [0.29, 0.717) is 18.9 Å². The van der Waals surface area contributed by atoms with E-state index >= 15 is 0 Å². The lowest BCUT2D eigenvalue weighted by Crippen LogP contribution is -2.14. The number of esters is 1. The number of rotatable bonds is 41. The van der Waals surface area contributed by atoms with E-state index < -0.39 is 0 Å². The maximum Gasteiger partial charge on any atom is 0.305 e. The van der Waals surface area contributed by atoms with Crippen LogP contribution in [0, 0.1) is 5.92 Å². The topological polar surface area (TPSA) is 26.3 Å². The molecule has 48 heavy (non-hydrogen) atoms. The SMILES string of the molecule is CCCCCCCC/C=C\CCCCCCCCCCCC(=O)OCC(CCCCCCCCCC)CCCCCCCCCCCC. The van der Waals surface area contributed by atoms with Crippen LogP contribution in [0.1, 0.15) is 265 Å². The zero-order chi connectivity index (χ0) is 34.9. The number of hydrogen-bond donors (Lipinski definition) is 0. The minimum absolute atomic E-state index is 0.0556. The predicted molar refractivity (Wildman–Crippen MR) is 216 cm³/mol. The largest absolute Gasteiger partial charge is 0.465 e. The normalized spacial score (nSPS) is 12.3. The van der Waals surface area contributed by atoms with Crippen molar-refractivity contribution in [3.63, 3.8) is 0 Å². The maximum atomic E-state index is 12.5. The third-order valence-electron chi connectivity index (χ3n) is 10.6. The van der Waals surface area contributed by atoms with Crippen molar-refractivity contribution in [1.82, 2.24) is 0 Å². The van der Waals surface area contributed by atoms with Crippen LogP contribution in [0.4, 0.5) is 0 Å². The van der Waals surface area contributed by atoms with Gasteiger partial charge in [-0.05, 0) is 50.9 Å². The van der Waals surface area contributed by atoms with Crippen molar-refractivity contribution >= 4 is 5.97 Å². The molecule has 0 aliphatic rings. The summed E-state index contributed by atoms with van der Waals surface area (Å²) in [6, 6.07) is 0. The van der Waals surface area contributed by atoms with Crippen molar-refractivity contribution in [2.45, 2.75) is 265 Å². The molecule has 0 bridgehead atoms. The van der Waals surface area contributed by atoms with Crippen LogP contribution in [0.25, 0.3) is 0 Å². The van der Waals surface area contributed by atoms with Gasteiger partial charge in [-0.15, -0.1) is 0 Å². The molecule has 0 spiro atoms. The van der Waals surface area contributed by atoms with Crippen LogP contribution in [0.3, 0.4) is 0 Å². The van der Waals surface area contributed by atoms with Crippen LogP contribution < -0.4 is 0 Å². The van der Waals surface area contributed by atoms with Crippen molar-refractivity contribution in [3.8, 4) is 0 Å². The fourth-order valence-corrected chi connectivity index (χ4v) is 7.13. The summed E-state index contributed by atoms with van der Waals surface area (Å²) >= 11 is 0. The molecule has 0 aromatic rings. The lowest BCUT2D eigenvalue weighted by molar-refractivity contribution is -0.145. The summed E-state index contributed by atoms with van der Waals surface area (Å²) in [5, 5.41) is 0. The number of carbonyl (C=O) groups is 1. The summed E-state index contributed by atoms with van der Waals surface area (Å²) in [5.41, 5.74) is 0. The van der Waals surface area contributed by atoms with Crippen LogP contribution in [-0.4, -0.2) is 12.6 Å². The number of allylic oxidation sites excluding steroid dienone is 2. The third-order valence-corrected chi connectivity index (χ3v) is 10.6. The Morgan fingerprint density at radius 3 is 1.04 bits per heavy atom. The molecule has 0 saturated carbocycles. The fourth-order valence-electron chi connectivity index (χ4n) is 7.13. The van der Waals surface area contributed by atoms with Gasteiger partial charge in [0.2, 0.25) is 0 Å². The number of carbonyl (C=O) groups excluding carboxylic acids is 1. The van der Waals surface area contributed by atoms with E-state index in [4.69, 9.17) is 4.74 Å². The van der Waals surface area contributed by atoms with Crippen molar-refractivity contribution in [2.75, 3.05) is 6.61 Å². The highest BCUT2D eigenvalue weighted by atomic mass is 16.5. The average Bonchev–Trinajstić information content (AvgIpc) is 3.09. The molecule has 1 unspecified atom stereocenters. The van der Waals surface area contributed by atoms with Crippen LogP contribution in [0.5, 0.6) is 0 Å². The number of unbranched alkanes of at least 4 members (excludes halogenated alkanes) is 31. The minimum atomic E-state index is 0.0556. The summed E-state index contributed by atoms with van der Waals surface area (Å²) in [6.07, 6.45) is 55.4. The van der Waals surface area contributed by atoms with E-state index in [1.807, 2.05) is 0 Å². The van der Waals surface area contributed by atoms with Crippen LogP contribution in [-0.2, 0) is 9.53 Å². The first-order valence-corrected chi connectivity index (χ1v) is 22.5. The summed E-state index contributed by atoms with van der Waals surface area (Å²) in [5.74, 6) is 0.629. The molecule has 0 aromatic carbocycles. The Bertz CT molecular complexity index is 626. The predicted octanol–water partition coefficient (Wildman–Crippen LogP) is 16.6. The van der Waals surface area contributed by atoms with Crippen LogP contribution in [0.15, 0.2) is 12.2 Å². The lowest BCUT2D eigenvalue weighted by atomic mass is 9.94. The zero-order valence-electron chi connectivity index (χ0n) is 33.6. The van der Waals surface area contributed by atoms with E-state index in [-0.39, 0.29) is 5.97 Å². The molecule has 0 fully saturated rings. The molecular weight excluding hydrogens is 585 g/mol. The molecular formula is C46H90O2. The first kappa shape index (κ1) is 47.2. The van der Waals surface area contributed by atoms with Gasteiger partial charge in [-0.3, -0.25) is 4.79 Å².